The van der Waals surface area contributed by atoms with Crippen LogP contribution < -0.4 is 0 Å². The molecule has 0 unspecified atom stereocenters. The molecule has 0 aliphatic rings. The van der Waals surface area contributed by atoms with Crippen LogP contribution >= 0.6 is 11.6 Å². The Labute approximate surface area is 83.3 Å². The van der Waals surface area contributed by atoms with Gasteiger partial charge in [0.15, 0.2) is 11.3 Å². The summed E-state index contributed by atoms with van der Waals surface area (Å²) in [5.74, 6) is -1.74. The molecule has 0 saturated carbocycles. The molecule has 4 nitrogen and oxygen atoms in total. The second kappa shape index (κ2) is 2.92. The third-order valence-corrected chi connectivity index (χ3v) is 2.20. The van der Waals surface area contributed by atoms with Gasteiger partial charge in [-0.3, -0.25) is 0 Å². The lowest BCUT2D eigenvalue weighted by molar-refractivity contribution is 0.0665. The molecule has 2 rings (SSSR count). The van der Waals surface area contributed by atoms with Gasteiger partial charge in [0.1, 0.15) is 5.02 Å². The van der Waals surface area contributed by atoms with Gasteiger partial charge in [-0.1, -0.05) is 17.7 Å². The maximum atomic E-state index is 10.6. The minimum Gasteiger partial charge on any atom is -0.504 e. The number of benzene rings is 1. The van der Waals surface area contributed by atoms with Crippen molar-refractivity contribution < 1.29 is 19.4 Å². The Bertz CT molecular complexity index is 515. The number of phenolic OH excluding ortho intramolecular Hbond substituents is 1. The fraction of sp³-hybridized carbons (Fsp3) is 0. The molecule has 5 heteroatoms. The van der Waals surface area contributed by atoms with E-state index in [0.29, 0.717) is 5.39 Å². The van der Waals surface area contributed by atoms with E-state index in [9.17, 15) is 9.90 Å². The maximum Gasteiger partial charge on any atom is 0.373 e. The number of fused-ring (bicyclic) bond motifs is 1. The number of hydrogen-bond donors (Lipinski definition) is 2. The highest BCUT2D eigenvalue weighted by atomic mass is 35.5. The second-order valence-corrected chi connectivity index (χ2v) is 3.08. The minimum atomic E-state index is -1.26. The van der Waals surface area contributed by atoms with E-state index in [0.717, 1.165) is 0 Å². The Hall–Kier alpha value is -1.68. The molecular weight excluding hydrogens is 208 g/mol. The third kappa shape index (κ3) is 1.12. The summed E-state index contributed by atoms with van der Waals surface area (Å²) < 4.78 is 4.91. The highest BCUT2D eigenvalue weighted by Gasteiger charge is 2.19. The summed E-state index contributed by atoms with van der Waals surface area (Å²) in [5, 5.41) is 18.4. The van der Waals surface area contributed by atoms with Crippen molar-refractivity contribution in [2.24, 2.45) is 0 Å². The number of aromatic hydroxyl groups is 1. The number of carboxylic acid groups (broad SMARTS) is 1. The van der Waals surface area contributed by atoms with Crippen molar-refractivity contribution in [2.45, 2.75) is 0 Å². The molecule has 0 spiro atoms. The number of para-hydroxylation sites is 1. The SMILES string of the molecule is O=C(O)c1oc2c(O)cccc2c1Cl. The zero-order valence-electron chi connectivity index (χ0n) is 6.82. The van der Waals surface area contributed by atoms with E-state index < -0.39 is 5.97 Å². The number of aromatic carboxylic acids is 1. The topological polar surface area (TPSA) is 70.7 Å². The first-order valence-corrected chi connectivity index (χ1v) is 4.12. The van der Waals surface area contributed by atoms with Crippen LogP contribution in [-0.2, 0) is 0 Å². The van der Waals surface area contributed by atoms with Crippen LogP contribution in [0, 0.1) is 0 Å². The summed E-state index contributed by atoms with van der Waals surface area (Å²) in [6.07, 6.45) is 0. The number of hydrogen-bond acceptors (Lipinski definition) is 3. The first-order chi connectivity index (χ1) is 6.61. The fourth-order valence-electron chi connectivity index (χ4n) is 1.21. The Kier molecular flexibility index (Phi) is 1.86. The summed E-state index contributed by atoms with van der Waals surface area (Å²) in [6, 6.07) is 4.53. The predicted octanol–water partition coefficient (Wildman–Crippen LogP) is 2.49. The molecular formula is C9H5ClO4. The molecule has 0 atom stereocenters. The van der Waals surface area contributed by atoms with Crippen LogP contribution in [0.3, 0.4) is 0 Å². The normalized spacial score (nSPS) is 10.6. The molecule has 0 radical (unpaired) electrons. The van der Waals surface area contributed by atoms with Gasteiger partial charge in [-0.05, 0) is 12.1 Å². The van der Waals surface area contributed by atoms with Gasteiger partial charge >= 0.3 is 5.97 Å². The Morgan fingerprint density at radius 1 is 1.43 bits per heavy atom. The van der Waals surface area contributed by atoms with Crippen molar-refractivity contribution >= 4 is 28.5 Å². The van der Waals surface area contributed by atoms with E-state index in [-0.39, 0.29) is 22.1 Å². The van der Waals surface area contributed by atoms with Crippen LogP contribution in [0.15, 0.2) is 22.6 Å². The Morgan fingerprint density at radius 3 is 2.71 bits per heavy atom. The monoisotopic (exact) mass is 212 g/mol. The lowest BCUT2D eigenvalue weighted by atomic mass is 10.2. The quantitative estimate of drug-likeness (QED) is 0.762. The maximum absolute atomic E-state index is 10.6. The molecule has 1 aromatic carbocycles. The molecule has 0 amide bonds. The van der Waals surface area contributed by atoms with Gasteiger partial charge in [0.25, 0.3) is 0 Å². The molecule has 0 aliphatic heterocycles. The van der Waals surface area contributed by atoms with E-state index in [4.69, 9.17) is 21.1 Å². The van der Waals surface area contributed by atoms with Crippen LogP contribution in [0.1, 0.15) is 10.6 Å². The molecule has 0 aliphatic carbocycles. The van der Waals surface area contributed by atoms with Gasteiger partial charge in [0.05, 0.1) is 0 Å². The number of carbonyl (C=O) groups is 1. The van der Waals surface area contributed by atoms with E-state index in [1.54, 1.807) is 12.1 Å². The van der Waals surface area contributed by atoms with Gasteiger partial charge in [0.2, 0.25) is 5.76 Å². The molecule has 2 aromatic rings. The van der Waals surface area contributed by atoms with E-state index in [1.165, 1.54) is 6.07 Å². The highest BCUT2D eigenvalue weighted by molar-refractivity contribution is 6.38. The Morgan fingerprint density at radius 2 is 2.14 bits per heavy atom. The number of furan rings is 1. The van der Waals surface area contributed by atoms with Gasteiger partial charge in [-0.2, -0.15) is 0 Å². The molecule has 2 N–H and O–H groups in total. The van der Waals surface area contributed by atoms with E-state index in [2.05, 4.69) is 0 Å². The standard InChI is InChI=1S/C9H5ClO4/c10-6-4-2-1-3-5(11)7(4)14-8(6)9(12)13/h1-3,11H,(H,12,13). The molecule has 0 bridgehead atoms. The van der Waals surface area contributed by atoms with Crippen molar-refractivity contribution in [3.05, 3.63) is 29.0 Å². The van der Waals surface area contributed by atoms with Crippen LogP contribution in [0.5, 0.6) is 5.75 Å². The molecule has 14 heavy (non-hydrogen) atoms. The highest BCUT2D eigenvalue weighted by Crippen LogP contribution is 2.35. The Balaban J connectivity index is 2.86. The van der Waals surface area contributed by atoms with Crippen LogP contribution in [0.2, 0.25) is 5.02 Å². The summed E-state index contributed by atoms with van der Waals surface area (Å²) in [6.45, 7) is 0. The zero-order valence-corrected chi connectivity index (χ0v) is 7.58. The third-order valence-electron chi connectivity index (χ3n) is 1.83. The van der Waals surface area contributed by atoms with Crippen molar-refractivity contribution in [3.8, 4) is 5.75 Å². The van der Waals surface area contributed by atoms with Crippen LogP contribution in [0.4, 0.5) is 0 Å². The lowest BCUT2D eigenvalue weighted by Gasteiger charge is -1.90. The lowest BCUT2D eigenvalue weighted by Crippen LogP contribution is -1.93. The summed E-state index contributed by atoms with van der Waals surface area (Å²) in [5.41, 5.74) is 0.0925. The summed E-state index contributed by atoms with van der Waals surface area (Å²) in [4.78, 5) is 10.6. The van der Waals surface area contributed by atoms with Crippen molar-refractivity contribution in [1.29, 1.82) is 0 Å². The molecule has 0 fully saturated rings. The van der Waals surface area contributed by atoms with Gasteiger partial charge in [0, 0.05) is 5.39 Å². The molecule has 1 aromatic heterocycles. The van der Waals surface area contributed by atoms with Crippen LogP contribution in [-0.4, -0.2) is 16.2 Å². The largest absolute Gasteiger partial charge is 0.504 e. The van der Waals surface area contributed by atoms with Gasteiger partial charge < -0.3 is 14.6 Å². The first-order valence-electron chi connectivity index (χ1n) is 3.74. The number of carboxylic acids is 1. The second-order valence-electron chi connectivity index (χ2n) is 2.70. The zero-order chi connectivity index (χ0) is 10.3. The first kappa shape index (κ1) is 8.90. The summed E-state index contributed by atoms with van der Waals surface area (Å²) in [7, 11) is 0. The molecule has 0 saturated heterocycles. The summed E-state index contributed by atoms with van der Waals surface area (Å²) >= 11 is 5.74. The van der Waals surface area contributed by atoms with Crippen molar-refractivity contribution in [2.75, 3.05) is 0 Å². The number of phenols is 1. The number of halogens is 1. The average Bonchev–Trinajstić information content (AvgIpc) is 2.46. The van der Waals surface area contributed by atoms with E-state index >= 15 is 0 Å². The van der Waals surface area contributed by atoms with Gasteiger partial charge in [-0.25, -0.2) is 4.79 Å². The smallest absolute Gasteiger partial charge is 0.373 e. The molecule has 1 heterocycles. The number of rotatable bonds is 1. The van der Waals surface area contributed by atoms with E-state index in [1.807, 2.05) is 0 Å². The fourth-order valence-corrected chi connectivity index (χ4v) is 1.48. The van der Waals surface area contributed by atoms with Gasteiger partial charge in [-0.15, -0.1) is 0 Å². The van der Waals surface area contributed by atoms with Crippen LogP contribution in [0.25, 0.3) is 11.0 Å². The van der Waals surface area contributed by atoms with Crippen molar-refractivity contribution in [3.63, 3.8) is 0 Å². The minimum absolute atomic E-state index is 0.00315. The van der Waals surface area contributed by atoms with Crippen molar-refractivity contribution in [1.82, 2.24) is 0 Å². The molecule has 72 valence electrons. The predicted molar refractivity (Wildman–Crippen MR) is 49.8 cm³/mol. The average molecular weight is 213 g/mol.